The van der Waals surface area contributed by atoms with Crippen molar-refractivity contribution in [3.05, 3.63) is 0 Å². The van der Waals surface area contributed by atoms with E-state index in [1.54, 1.807) is 0 Å². The Balaban J connectivity index is 1.75. The summed E-state index contributed by atoms with van der Waals surface area (Å²) in [7, 11) is 0. The minimum atomic E-state index is -0.653. The molecular weight excluding hydrogens is 182 g/mol. The van der Waals surface area contributed by atoms with Crippen LogP contribution in [0.25, 0.3) is 0 Å². The maximum absolute atomic E-state index is 10.7. The van der Waals surface area contributed by atoms with Crippen LogP contribution in [-0.2, 0) is 9.53 Å². The van der Waals surface area contributed by atoms with E-state index < -0.39 is 5.97 Å². The van der Waals surface area contributed by atoms with Gasteiger partial charge >= 0.3 is 5.97 Å². The molecule has 2 atom stereocenters. The van der Waals surface area contributed by atoms with Crippen molar-refractivity contribution in [2.45, 2.75) is 25.4 Å². The van der Waals surface area contributed by atoms with Gasteiger partial charge in [0.05, 0.1) is 12.0 Å². The van der Waals surface area contributed by atoms with E-state index >= 15 is 0 Å². The van der Waals surface area contributed by atoms with Gasteiger partial charge in [-0.05, 0) is 25.8 Å². The van der Waals surface area contributed by atoms with Crippen molar-refractivity contribution in [1.29, 1.82) is 0 Å². The molecule has 2 saturated heterocycles. The number of ether oxygens (including phenoxy) is 1. The lowest BCUT2D eigenvalue weighted by molar-refractivity contribution is -0.141. The number of carboxylic acids is 1. The first-order valence-corrected chi connectivity index (χ1v) is 5.32. The van der Waals surface area contributed by atoms with Crippen LogP contribution in [0.5, 0.6) is 0 Å². The Hall–Kier alpha value is -0.610. The molecule has 0 bridgehead atoms. The summed E-state index contributed by atoms with van der Waals surface area (Å²) < 4.78 is 5.52. The molecule has 0 aliphatic carbocycles. The van der Waals surface area contributed by atoms with Crippen molar-refractivity contribution in [3.63, 3.8) is 0 Å². The van der Waals surface area contributed by atoms with Crippen molar-refractivity contribution in [1.82, 2.24) is 4.90 Å². The highest BCUT2D eigenvalue weighted by Gasteiger charge is 2.30. The summed E-state index contributed by atoms with van der Waals surface area (Å²) in [5.41, 5.74) is 0. The molecule has 2 heterocycles. The van der Waals surface area contributed by atoms with Crippen LogP contribution in [0.3, 0.4) is 0 Å². The fraction of sp³-hybridized carbons (Fsp3) is 0.900. The van der Waals surface area contributed by atoms with Crippen molar-refractivity contribution in [2.24, 2.45) is 5.92 Å². The monoisotopic (exact) mass is 199 g/mol. The van der Waals surface area contributed by atoms with Crippen molar-refractivity contribution >= 4 is 5.97 Å². The second-order valence-electron chi connectivity index (χ2n) is 4.22. The minimum Gasteiger partial charge on any atom is -0.481 e. The van der Waals surface area contributed by atoms with E-state index in [4.69, 9.17) is 9.84 Å². The molecule has 0 radical (unpaired) electrons. The number of carbonyl (C=O) groups is 1. The zero-order chi connectivity index (χ0) is 9.97. The zero-order valence-electron chi connectivity index (χ0n) is 8.32. The fourth-order valence-corrected chi connectivity index (χ4v) is 2.28. The van der Waals surface area contributed by atoms with Gasteiger partial charge in [-0.3, -0.25) is 9.69 Å². The second kappa shape index (κ2) is 4.28. The number of rotatable bonds is 3. The van der Waals surface area contributed by atoms with Gasteiger partial charge in [0.2, 0.25) is 0 Å². The number of hydrogen-bond donors (Lipinski definition) is 1. The molecule has 0 aromatic heterocycles. The summed E-state index contributed by atoms with van der Waals surface area (Å²) in [6.07, 6.45) is 3.43. The van der Waals surface area contributed by atoms with Gasteiger partial charge in [-0.2, -0.15) is 0 Å². The Kier molecular flexibility index (Phi) is 3.03. The van der Waals surface area contributed by atoms with Crippen molar-refractivity contribution < 1.29 is 14.6 Å². The third-order valence-corrected chi connectivity index (χ3v) is 3.11. The lowest BCUT2D eigenvalue weighted by Crippen LogP contribution is -2.31. The van der Waals surface area contributed by atoms with E-state index in [-0.39, 0.29) is 5.92 Å². The Labute approximate surface area is 83.8 Å². The number of aliphatic carboxylic acids is 1. The standard InChI is InChI=1S/C10H17NO3/c12-10(13)8-3-4-11(6-8)7-9-2-1-5-14-9/h8-9H,1-7H2,(H,12,13)/t8-,9-/m1/s1. The third kappa shape index (κ3) is 2.25. The van der Waals surface area contributed by atoms with Gasteiger partial charge < -0.3 is 9.84 Å². The first kappa shape index (κ1) is 9.93. The summed E-state index contributed by atoms with van der Waals surface area (Å²) in [4.78, 5) is 12.9. The predicted molar refractivity (Wildman–Crippen MR) is 51.2 cm³/mol. The SMILES string of the molecule is O=C(O)[C@@H]1CCN(C[C@H]2CCCO2)C1. The van der Waals surface area contributed by atoms with Crippen LogP contribution in [-0.4, -0.2) is 48.3 Å². The minimum absolute atomic E-state index is 0.156. The maximum Gasteiger partial charge on any atom is 0.307 e. The maximum atomic E-state index is 10.7. The second-order valence-corrected chi connectivity index (χ2v) is 4.22. The van der Waals surface area contributed by atoms with Crippen molar-refractivity contribution in [3.8, 4) is 0 Å². The van der Waals surface area contributed by atoms with Crippen LogP contribution in [0.15, 0.2) is 0 Å². The Bertz CT molecular complexity index is 213. The van der Waals surface area contributed by atoms with E-state index in [0.29, 0.717) is 12.6 Å². The Morgan fingerprint density at radius 3 is 2.93 bits per heavy atom. The highest BCUT2D eigenvalue weighted by molar-refractivity contribution is 5.70. The molecule has 4 nitrogen and oxygen atoms in total. The summed E-state index contributed by atoms with van der Waals surface area (Å²) in [6.45, 7) is 3.41. The molecule has 0 aromatic carbocycles. The number of likely N-dealkylation sites (tertiary alicyclic amines) is 1. The summed E-state index contributed by atoms with van der Waals surface area (Å²) in [5, 5.41) is 8.83. The molecule has 0 aromatic rings. The molecule has 2 rings (SSSR count). The van der Waals surface area contributed by atoms with Gasteiger partial charge in [0.15, 0.2) is 0 Å². The van der Waals surface area contributed by atoms with Gasteiger partial charge in [0, 0.05) is 19.7 Å². The average Bonchev–Trinajstić information content (AvgIpc) is 2.75. The van der Waals surface area contributed by atoms with Crippen LogP contribution in [0, 0.1) is 5.92 Å². The number of carboxylic acid groups (broad SMARTS) is 1. The van der Waals surface area contributed by atoms with Gasteiger partial charge in [0.25, 0.3) is 0 Å². The van der Waals surface area contributed by atoms with Crippen LogP contribution < -0.4 is 0 Å². The molecular formula is C10H17NO3. The molecule has 2 aliphatic heterocycles. The van der Waals surface area contributed by atoms with E-state index in [2.05, 4.69) is 4.90 Å². The predicted octanol–water partition coefficient (Wildman–Crippen LogP) is 0.572. The highest BCUT2D eigenvalue weighted by Crippen LogP contribution is 2.20. The van der Waals surface area contributed by atoms with Gasteiger partial charge in [-0.1, -0.05) is 0 Å². The molecule has 0 spiro atoms. The summed E-state index contributed by atoms with van der Waals surface area (Å²) in [5.74, 6) is -0.809. The van der Waals surface area contributed by atoms with E-state index in [1.807, 2.05) is 0 Å². The lowest BCUT2D eigenvalue weighted by Gasteiger charge is -2.19. The number of nitrogens with zero attached hydrogens (tertiary/aromatic N) is 1. The summed E-state index contributed by atoms with van der Waals surface area (Å²) >= 11 is 0. The van der Waals surface area contributed by atoms with Gasteiger partial charge in [-0.15, -0.1) is 0 Å². The van der Waals surface area contributed by atoms with E-state index in [1.165, 1.54) is 0 Å². The molecule has 2 aliphatic rings. The zero-order valence-corrected chi connectivity index (χ0v) is 8.32. The van der Waals surface area contributed by atoms with Crippen LogP contribution in [0.2, 0.25) is 0 Å². The van der Waals surface area contributed by atoms with Crippen LogP contribution >= 0.6 is 0 Å². The molecule has 4 heteroatoms. The fourth-order valence-electron chi connectivity index (χ4n) is 2.28. The first-order valence-electron chi connectivity index (χ1n) is 5.32. The molecule has 0 saturated carbocycles. The average molecular weight is 199 g/mol. The molecule has 1 N–H and O–H groups in total. The third-order valence-electron chi connectivity index (χ3n) is 3.11. The van der Waals surface area contributed by atoms with Gasteiger partial charge in [-0.25, -0.2) is 0 Å². The number of hydrogen-bond acceptors (Lipinski definition) is 3. The molecule has 14 heavy (non-hydrogen) atoms. The highest BCUT2D eigenvalue weighted by atomic mass is 16.5. The topological polar surface area (TPSA) is 49.8 Å². The molecule has 0 unspecified atom stereocenters. The Morgan fingerprint density at radius 1 is 1.50 bits per heavy atom. The molecule has 80 valence electrons. The van der Waals surface area contributed by atoms with Gasteiger partial charge in [0.1, 0.15) is 0 Å². The van der Waals surface area contributed by atoms with Crippen LogP contribution in [0.4, 0.5) is 0 Å². The Morgan fingerprint density at radius 2 is 2.36 bits per heavy atom. The normalized spacial score (nSPS) is 33.7. The van der Waals surface area contributed by atoms with E-state index in [0.717, 1.165) is 39.0 Å². The van der Waals surface area contributed by atoms with E-state index in [9.17, 15) is 4.79 Å². The van der Waals surface area contributed by atoms with Crippen molar-refractivity contribution in [2.75, 3.05) is 26.2 Å². The quantitative estimate of drug-likeness (QED) is 0.722. The molecule has 0 amide bonds. The molecule has 2 fully saturated rings. The summed E-state index contributed by atoms with van der Waals surface area (Å²) in [6, 6.07) is 0. The smallest absolute Gasteiger partial charge is 0.307 e. The lowest BCUT2D eigenvalue weighted by atomic mass is 10.1. The first-order chi connectivity index (χ1) is 6.75. The van der Waals surface area contributed by atoms with Crippen LogP contribution in [0.1, 0.15) is 19.3 Å². The largest absolute Gasteiger partial charge is 0.481 e.